The van der Waals surface area contributed by atoms with Crippen molar-refractivity contribution in [1.29, 1.82) is 0 Å². The first-order valence-electron chi connectivity index (χ1n) is 8.78. The molecule has 0 bridgehead atoms. The summed E-state index contributed by atoms with van der Waals surface area (Å²) in [6.07, 6.45) is 6.88. The molecule has 0 N–H and O–H groups in total. The van der Waals surface area contributed by atoms with Gasteiger partial charge in [-0.3, -0.25) is 4.90 Å². The van der Waals surface area contributed by atoms with Gasteiger partial charge in [-0.05, 0) is 31.2 Å². The van der Waals surface area contributed by atoms with Crippen molar-refractivity contribution in [3.63, 3.8) is 0 Å². The number of hydrogen-bond donors (Lipinski definition) is 0. The first-order chi connectivity index (χ1) is 10.9. The molecule has 0 atom stereocenters. The quantitative estimate of drug-likeness (QED) is 0.374. The highest BCUT2D eigenvalue weighted by Crippen LogP contribution is 2.04. The normalized spacial score (nSPS) is 11.2. The van der Waals surface area contributed by atoms with Crippen molar-refractivity contribution in [2.75, 3.05) is 33.2 Å². The molecule has 3 nitrogen and oxygen atoms in total. The van der Waals surface area contributed by atoms with E-state index in [1.54, 1.807) is 0 Å². The summed E-state index contributed by atoms with van der Waals surface area (Å²) in [5.74, 6) is 0. The minimum atomic E-state index is 0.681. The van der Waals surface area contributed by atoms with Crippen LogP contribution < -0.4 is 0 Å². The maximum absolute atomic E-state index is 5.74. The van der Waals surface area contributed by atoms with Crippen molar-refractivity contribution in [3.05, 3.63) is 35.9 Å². The summed E-state index contributed by atoms with van der Waals surface area (Å²) in [6.45, 7) is 8.46. The van der Waals surface area contributed by atoms with Gasteiger partial charge in [-0.1, -0.05) is 57.0 Å². The molecule has 0 amide bonds. The predicted molar refractivity (Wildman–Crippen MR) is 92.9 cm³/mol. The Morgan fingerprint density at radius 2 is 1.41 bits per heavy atom. The highest BCUT2D eigenvalue weighted by atomic mass is 16.5. The number of rotatable bonds is 14. The molecule has 0 fully saturated rings. The second-order valence-electron chi connectivity index (χ2n) is 5.77. The zero-order chi connectivity index (χ0) is 15.9. The summed E-state index contributed by atoms with van der Waals surface area (Å²) in [7, 11) is 0. The predicted octanol–water partition coefficient (Wildman–Crippen LogP) is 4.47. The fourth-order valence-electron chi connectivity index (χ4n) is 2.20. The van der Waals surface area contributed by atoms with Crippen molar-refractivity contribution in [1.82, 2.24) is 4.90 Å². The minimum Gasteiger partial charge on any atom is -0.366 e. The van der Waals surface area contributed by atoms with E-state index in [1.165, 1.54) is 18.4 Å². The van der Waals surface area contributed by atoms with E-state index in [2.05, 4.69) is 49.1 Å². The topological polar surface area (TPSA) is 21.7 Å². The molecule has 22 heavy (non-hydrogen) atoms. The molecule has 0 aliphatic heterocycles. The van der Waals surface area contributed by atoms with Crippen LogP contribution in [0.15, 0.2) is 30.3 Å². The maximum atomic E-state index is 5.74. The van der Waals surface area contributed by atoms with E-state index < -0.39 is 0 Å². The summed E-state index contributed by atoms with van der Waals surface area (Å²) in [5, 5.41) is 0. The summed E-state index contributed by atoms with van der Waals surface area (Å²) in [4.78, 5) is 2.27. The number of hydrogen-bond acceptors (Lipinski definition) is 3. The SMILES string of the molecule is CCCCOCN(CCCc1ccccc1)COCCCC. The largest absolute Gasteiger partial charge is 0.366 e. The molecule has 0 aliphatic rings. The number of aryl methyl sites for hydroxylation is 1. The van der Waals surface area contributed by atoms with Crippen LogP contribution in [-0.4, -0.2) is 38.1 Å². The summed E-state index contributed by atoms with van der Waals surface area (Å²) in [5.41, 5.74) is 1.40. The highest BCUT2D eigenvalue weighted by Gasteiger charge is 2.05. The van der Waals surface area contributed by atoms with Gasteiger partial charge in [-0.15, -0.1) is 0 Å². The lowest BCUT2D eigenvalue weighted by Crippen LogP contribution is -2.31. The molecule has 0 radical (unpaired) electrons. The summed E-state index contributed by atoms with van der Waals surface area (Å²) < 4.78 is 11.5. The molecule has 1 rings (SSSR count). The van der Waals surface area contributed by atoms with E-state index in [1.807, 2.05) is 0 Å². The summed E-state index contributed by atoms with van der Waals surface area (Å²) in [6, 6.07) is 10.7. The van der Waals surface area contributed by atoms with Gasteiger partial charge >= 0.3 is 0 Å². The molecule has 0 aromatic heterocycles. The zero-order valence-corrected chi connectivity index (χ0v) is 14.4. The van der Waals surface area contributed by atoms with Crippen LogP contribution in [0, 0.1) is 0 Å². The molecule has 126 valence electrons. The zero-order valence-electron chi connectivity index (χ0n) is 14.4. The van der Waals surface area contributed by atoms with Gasteiger partial charge in [-0.2, -0.15) is 0 Å². The molecule has 0 heterocycles. The van der Waals surface area contributed by atoms with Gasteiger partial charge < -0.3 is 9.47 Å². The molecule has 1 aromatic carbocycles. The number of benzene rings is 1. The smallest absolute Gasteiger partial charge is 0.101 e. The molecular weight excluding hydrogens is 274 g/mol. The van der Waals surface area contributed by atoms with Gasteiger partial charge in [0.05, 0.1) is 0 Å². The second kappa shape index (κ2) is 13.7. The first-order valence-corrected chi connectivity index (χ1v) is 8.78. The van der Waals surface area contributed by atoms with Crippen molar-refractivity contribution >= 4 is 0 Å². The van der Waals surface area contributed by atoms with Gasteiger partial charge in [0.15, 0.2) is 0 Å². The lowest BCUT2D eigenvalue weighted by molar-refractivity contribution is -0.0461. The molecule has 0 saturated carbocycles. The number of ether oxygens (including phenoxy) is 2. The van der Waals surface area contributed by atoms with Crippen LogP contribution in [-0.2, 0) is 15.9 Å². The Hall–Kier alpha value is -0.900. The fourth-order valence-corrected chi connectivity index (χ4v) is 2.20. The van der Waals surface area contributed by atoms with Crippen molar-refractivity contribution in [2.45, 2.75) is 52.4 Å². The molecular formula is C19H33NO2. The van der Waals surface area contributed by atoms with E-state index in [4.69, 9.17) is 9.47 Å². The second-order valence-corrected chi connectivity index (χ2v) is 5.77. The number of unbranched alkanes of at least 4 members (excludes halogenated alkanes) is 2. The van der Waals surface area contributed by atoms with E-state index in [0.29, 0.717) is 13.5 Å². The van der Waals surface area contributed by atoms with Crippen LogP contribution in [0.25, 0.3) is 0 Å². The highest BCUT2D eigenvalue weighted by molar-refractivity contribution is 5.14. The Bertz CT molecular complexity index is 331. The van der Waals surface area contributed by atoms with Crippen LogP contribution in [0.1, 0.15) is 51.5 Å². The minimum absolute atomic E-state index is 0.681. The van der Waals surface area contributed by atoms with Crippen molar-refractivity contribution in [3.8, 4) is 0 Å². The standard InChI is InChI=1S/C19H33NO2/c1-3-5-15-21-17-20(18-22-16-6-4-2)14-10-13-19-11-8-7-9-12-19/h7-9,11-12H,3-6,10,13-18H2,1-2H3. The van der Waals surface area contributed by atoms with Gasteiger partial charge in [-0.25, -0.2) is 0 Å². The third-order valence-corrected chi connectivity index (χ3v) is 3.61. The average Bonchev–Trinajstić information content (AvgIpc) is 2.56. The lowest BCUT2D eigenvalue weighted by Gasteiger charge is -2.22. The van der Waals surface area contributed by atoms with Crippen LogP contribution >= 0.6 is 0 Å². The van der Waals surface area contributed by atoms with Crippen molar-refractivity contribution in [2.24, 2.45) is 0 Å². The van der Waals surface area contributed by atoms with E-state index in [9.17, 15) is 0 Å². The monoisotopic (exact) mass is 307 g/mol. The Morgan fingerprint density at radius 1 is 0.818 bits per heavy atom. The molecule has 3 heteroatoms. The fraction of sp³-hybridized carbons (Fsp3) is 0.684. The van der Waals surface area contributed by atoms with Crippen LogP contribution in [0.5, 0.6) is 0 Å². The Balaban J connectivity index is 2.23. The van der Waals surface area contributed by atoms with Gasteiger partial charge in [0.25, 0.3) is 0 Å². The van der Waals surface area contributed by atoms with Crippen LogP contribution in [0.2, 0.25) is 0 Å². The van der Waals surface area contributed by atoms with Gasteiger partial charge in [0, 0.05) is 19.8 Å². The Kier molecular flexibility index (Phi) is 12.0. The van der Waals surface area contributed by atoms with Gasteiger partial charge in [0.1, 0.15) is 13.5 Å². The molecule has 0 saturated heterocycles. The van der Waals surface area contributed by atoms with E-state index in [-0.39, 0.29) is 0 Å². The molecule has 0 unspecified atom stereocenters. The summed E-state index contributed by atoms with van der Waals surface area (Å²) >= 11 is 0. The van der Waals surface area contributed by atoms with Crippen LogP contribution in [0.4, 0.5) is 0 Å². The van der Waals surface area contributed by atoms with E-state index in [0.717, 1.165) is 45.4 Å². The Labute approximate surface area is 136 Å². The first kappa shape index (κ1) is 19.1. The van der Waals surface area contributed by atoms with Crippen molar-refractivity contribution < 1.29 is 9.47 Å². The molecule has 0 spiro atoms. The third-order valence-electron chi connectivity index (χ3n) is 3.61. The number of nitrogens with zero attached hydrogens (tertiary/aromatic N) is 1. The molecule has 1 aromatic rings. The van der Waals surface area contributed by atoms with E-state index >= 15 is 0 Å². The third kappa shape index (κ3) is 9.93. The maximum Gasteiger partial charge on any atom is 0.101 e. The van der Waals surface area contributed by atoms with Crippen LogP contribution in [0.3, 0.4) is 0 Å². The Morgan fingerprint density at radius 3 is 1.95 bits per heavy atom. The lowest BCUT2D eigenvalue weighted by atomic mass is 10.1. The molecule has 0 aliphatic carbocycles. The average molecular weight is 307 g/mol. The van der Waals surface area contributed by atoms with Gasteiger partial charge in [0.2, 0.25) is 0 Å².